The lowest BCUT2D eigenvalue weighted by Gasteiger charge is -2.34. The highest BCUT2D eigenvalue weighted by molar-refractivity contribution is 8.04. The Morgan fingerprint density at radius 3 is 2.58 bits per heavy atom. The first-order valence-electron chi connectivity index (χ1n) is 8.19. The van der Waals surface area contributed by atoms with E-state index in [1.807, 2.05) is 32.9 Å². The average molecular weight is 346 g/mol. The molecule has 2 aliphatic rings. The number of nitrogens with one attached hydrogen (secondary N) is 2. The number of carbonyl (C=O) groups excluding carboxylic acids is 2. The highest BCUT2D eigenvalue weighted by Crippen LogP contribution is 2.44. The Kier molecular flexibility index (Phi) is 4.91. The number of nitrogens with zero attached hydrogens (tertiary/aromatic N) is 2. The van der Waals surface area contributed by atoms with E-state index in [2.05, 4.69) is 15.6 Å². The van der Waals surface area contributed by atoms with Crippen molar-refractivity contribution in [2.45, 2.75) is 32.3 Å². The third kappa shape index (κ3) is 2.93. The molecule has 2 amide bonds. The van der Waals surface area contributed by atoms with Crippen LogP contribution in [0, 0.1) is 5.92 Å². The molecule has 0 spiro atoms. The van der Waals surface area contributed by atoms with E-state index in [0.717, 1.165) is 11.1 Å². The van der Waals surface area contributed by atoms with Crippen LogP contribution >= 0.6 is 11.8 Å². The summed E-state index contributed by atoms with van der Waals surface area (Å²) in [6.07, 6.45) is 3.15. The van der Waals surface area contributed by atoms with Crippen LogP contribution in [0.3, 0.4) is 0 Å². The molecule has 3 atom stereocenters. The molecule has 6 nitrogen and oxygen atoms in total. The maximum Gasteiger partial charge on any atom is 0.260 e. The minimum Gasteiger partial charge on any atom is -0.339 e. The zero-order chi connectivity index (χ0) is 17.3. The molecule has 3 heterocycles. The summed E-state index contributed by atoms with van der Waals surface area (Å²) in [5.74, 6) is -0.317. The van der Waals surface area contributed by atoms with Crippen LogP contribution in [0.5, 0.6) is 0 Å². The lowest BCUT2D eigenvalue weighted by atomic mass is 9.95. The van der Waals surface area contributed by atoms with Crippen LogP contribution in [0.25, 0.3) is 0 Å². The summed E-state index contributed by atoms with van der Waals surface area (Å²) < 4.78 is 0. The van der Waals surface area contributed by atoms with Crippen molar-refractivity contribution in [3.8, 4) is 0 Å². The summed E-state index contributed by atoms with van der Waals surface area (Å²) in [5.41, 5.74) is 1.82. The highest BCUT2D eigenvalue weighted by Gasteiger charge is 2.45. The number of rotatable bonds is 4. The van der Waals surface area contributed by atoms with Crippen molar-refractivity contribution in [3.05, 3.63) is 40.6 Å². The lowest BCUT2D eigenvalue weighted by Crippen LogP contribution is -2.54. The van der Waals surface area contributed by atoms with Gasteiger partial charge in [0.25, 0.3) is 5.91 Å². The molecule has 24 heavy (non-hydrogen) atoms. The van der Waals surface area contributed by atoms with Crippen molar-refractivity contribution in [2.24, 2.45) is 5.92 Å². The normalized spacial score (nSPS) is 26.1. The van der Waals surface area contributed by atoms with Gasteiger partial charge in [-0.1, -0.05) is 0 Å². The number of likely N-dealkylation sites (N-methyl/N-ethyl adjacent to an activating group) is 1. The number of hydrogen-bond donors (Lipinski definition) is 2. The van der Waals surface area contributed by atoms with Gasteiger partial charge in [-0.15, -0.1) is 11.8 Å². The topological polar surface area (TPSA) is 74.3 Å². The first-order valence-corrected chi connectivity index (χ1v) is 9.07. The van der Waals surface area contributed by atoms with Crippen molar-refractivity contribution in [1.29, 1.82) is 0 Å². The van der Waals surface area contributed by atoms with E-state index in [-0.39, 0.29) is 29.3 Å². The standard InChI is InChI=1S/C17H22N4O2S/c1-4-21(5-2)17(23)13-10(3)12-15(22)19-14(20-16(12)24-13)11-6-8-18-9-7-11/h6-9,12,14,16,20H,4-5H2,1-3H3,(H,19,22). The minimum atomic E-state index is -0.303. The Bertz CT molecular complexity index is 672. The number of pyridine rings is 1. The second-order valence-electron chi connectivity index (χ2n) is 5.89. The first kappa shape index (κ1) is 17.0. The van der Waals surface area contributed by atoms with Gasteiger partial charge in [-0.25, -0.2) is 0 Å². The van der Waals surface area contributed by atoms with Gasteiger partial charge in [0, 0.05) is 25.5 Å². The summed E-state index contributed by atoms with van der Waals surface area (Å²) in [5, 5.41) is 6.33. The van der Waals surface area contributed by atoms with Gasteiger partial charge in [0.05, 0.1) is 16.2 Å². The Labute approximate surface area is 146 Å². The summed E-state index contributed by atoms with van der Waals surface area (Å²) in [6.45, 7) is 7.16. The summed E-state index contributed by atoms with van der Waals surface area (Å²) in [6, 6.07) is 3.75. The number of amides is 2. The Morgan fingerprint density at radius 1 is 1.29 bits per heavy atom. The molecule has 0 aliphatic carbocycles. The molecule has 128 valence electrons. The molecule has 3 unspecified atom stereocenters. The fourth-order valence-corrected chi connectivity index (χ4v) is 4.63. The van der Waals surface area contributed by atoms with Gasteiger partial charge >= 0.3 is 0 Å². The third-order valence-electron chi connectivity index (χ3n) is 4.56. The zero-order valence-corrected chi connectivity index (χ0v) is 14.9. The monoisotopic (exact) mass is 346 g/mol. The second-order valence-corrected chi connectivity index (χ2v) is 7.05. The Balaban J connectivity index is 1.81. The van der Waals surface area contributed by atoms with Crippen molar-refractivity contribution < 1.29 is 9.59 Å². The second kappa shape index (κ2) is 6.94. The van der Waals surface area contributed by atoms with E-state index in [1.165, 1.54) is 11.8 Å². The molecule has 1 aromatic rings. The van der Waals surface area contributed by atoms with Gasteiger partial charge in [0.15, 0.2) is 0 Å². The summed E-state index contributed by atoms with van der Waals surface area (Å²) in [4.78, 5) is 31.8. The molecule has 0 radical (unpaired) electrons. The van der Waals surface area contributed by atoms with E-state index in [1.54, 1.807) is 17.3 Å². The smallest absolute Gasteiger partial charge is 0.260 e. The summed E-state index contributed by atoms with van der Waals surface area (Å²) in [7, 11) is 0. The van der Waals surface area contributed by atoms with Crippen LogP contribution in [0.4, 0.5) is 0 Å². The lowest BCUT2D eigenvalue weighted by molar-refractivity contribution is -0.127. The van der Waals surface area contributed by atoms with E-state index >= 15 is 0 Å². The maximum absolute atomic E-state index is 12.7. The molecule has 2 N–H and O–H groups in total. The number of thioether (sulfide) groups is 1. The molecular weight excluding hydrogens is 324 g/mol. The van der Waals surface area contributed by atoms with E-state index < -0.39 is 0 Å². The molecule has 7 heteroatoms. The van der Waals surface area contributed by atoms with Gasteiger partial charge in [-0.3, -0.25) is 19.9 Å². The SMILES string of the molecule is CCN(CC)C(=O)C1=C(C)C2C(=O)NC(c3ccncc3)NC2S1. The van der Waals surface area contributed by atoms with Crippen molar-refractivity contribution >= 4 is 23.6 Å². The number of carbonyl (C=O) groups is 2. The molecule has 0 aromatic carbocycles. The predicted octanol–water partition coefficient (Wildman–Crippen LogP) is 1.63. The van der Waals surface area contributed by atoms with Gasteiger partial charge in [-0.2, -0.15) is 0 Å². The number of fused-ring (bicyclic) bond motifs is 1. The molecule has 0 saturated carbocycles. The first-order chi connectivity index (χ1) is 11.6. The molecule has 2 aliphatic heterocycles. The van der Waals surface area contributed by atoms with Crippen LogP contribution in [0.2, 0.25) is 0 Å². The van der Waals surface area contributed by atoms with Crippen LogP contribution in [0.15, 0.2) is 35.0 Å². The fourth-order valence-electron chi connectivity index (χ4n) is 3.17. The molecular formula is C17H22N4O2S. The van der Waals surface area contributed by atoms with Crippen LogP contribution < -0.4 is 10.6 Å². The predicted molar refractivity (Wildman–Crippen MR) is 93.8 cm³/mol. The molecule has 1 aromatic heterocycles. The molecule has 1 saturated heterocycles. The van der Waals surface area contributed by atoms with Crippen LogP contribution in [0.1, 0.15) is 32.5 Å². The maximum atomic E-state index is 12.7. The summed E-state index contributed by atoms with van der Waals surface area (Å²) >= 11 is 1.47. The third-order valence-corrected chi connectivity index (χ3v) is 5.95. The largest absolute Gasteiger partial charge is 0.339 e. The van der Waals surface area contributed by atoms with E-state index in [0.29, 0.717) is 18.0 Å². The average Bonchev–Trinajstić information content (AvgIpc) is 2.94. The van der Waals surface area contributed by atoms with Crippen LogP contribution in [-0.2, 0) is 9.59 Å². The van der Waals surface area contributed by atoms with Gasteiger partial charge in [0.2, 0.25) is 5.91 Å². The van der Waals surface area contributed by atoms with Gasteiger partial charge in [0.1, 0.15) is 6.17 Å². The van der Waals surface area contributed by atoms with Gasteiger partial charge in [-0.05, 0) is 44.0 Å². The minimum absolute atomic E-state index is 0.0203. The number of hydrogen-bond acceptors (Lipinski definition) is 5. The van der Waals surface area contributed by atoms with E-state index in [4.69, 9.17) is 0 Å². The zero-order valence-electron chi connectivity index (χ0n) is 14.1. The molecule has 1 fully saturated rings. The van der Waals surface area contributed by atoms with E-state index in [9.17, 15) is 9.59 Å². The highest BCUT2D eigenvalue weighted by atomic mass is 32.2. The quantitative estimate of drug-likeness (QED) is 0.867. The van der Waals surface area contributed by atoms with Crippen molar-refractivity contribution in [3.63, 3.8) is 0 Å². The fraction of sp³-hybridized carbons (Fsp3) is 0.471. The number of aromatic nitrogens is 1. The Hall–Kier alpha value is -1.86. The molecule has 3 rings (SSSR count). The molecule has 0 bridgehead atoms. The van der Waals surface area contributed by atoms with Crippen molar-refractivity contribution in [1.82, 2.24) is 20.5 Å². The van der Waals surface area contributed by atoms with Crippen molar-refractivity contribution in [2.75, 3.05) is 13.1 Å². The van der Waals surface area contributed by atoms with Gasteiger partial charge < -0.3 is 10.2 Å². The Morgan fingerprint density at radius 2 is 1.96 bits per heavy atom. The van der Waals surface area contributed by atoms with Crippen LogP contribution in [-0.4, -0.2) is 40.2 Å².